The molecular formula is C15H22BrNO2. The van der Waals surface area contributed by atoms with Crippen LogP contribution in [0.2, 0.25) is 0 Å². The van der Waals surface area contributed by atoms with Crippen molar-refractivity contribution in [3.05, 3.63) is 22.2 Å². The van der Waals surface area contributed by atoms with E-state index in [1.807, 2.05) is 0 Å². The summed E-state index contributed by atoms with van der Waals surface area (Å²) in [5, 5.41) is 3.57. The Labute approximate surface area is 123 Å². The van der Waals surface area contributed by atoms with Crippen molar-refractivity contribution < 1.29 is 9.47 Å². The fourth-order valence-corrected chi connectivity index (χ4v) is 2.70. The molecule has 0 saturated heterocycles. The lowest BCUT2D eigenvalue weighted by Crippen LogP contribution is -2.31. The molecule has 1 aliphatic rings. The highest BCUT2D eigenvalue weighted by Gasteiger charge is 2.17. The van der Waals surface area contributed by atoms with E-state index < -0.39 is 0 Å². The minimum Gasteiger partial charge on any atom is -0.486 e. The predicted molar refractivity (Wildman–Crippen MR) is 80.9 cm³/mol. The molecule has 2 atom stereocenters. The second-order valence-corrected chi connectivity index (χ2v) is 6.01. The van der Waals surface area contributed by atoms with Gasteiger partial charge in [-0.25, -0.2) is 0 Å². The number of halogens is 1. The Morgan fingerprint density at radius 1 is 1.26 bits per heavy atom. The smallest absolute Gasteiger partial charge is 0.175 e. The Bertz CT molecular complexity index is 436. The molecule has 0 saturated carbocycles. The average Bonchev–Trinajstić information content (AvgIpc) is 2.44. The SMILES string of the molecule is CCC(C)C(C)NCc1cc(Br)c2c(c1)OCCO2. The van der Waals surface area contributed by atoms with Crippen LogP contribution in [0, 0.1) is 5.92 Å². The Morgan fingerprint density at radius 2 is 2.00 bits per heavy atom. The Balaban J connectivity index is 2.03. The highest BCUT2D eigenvalue weighted by molar-refractivity contribution is 9.10. The lowest BCUT2D eigenvalue weighted by Gasteiger charge is -2.22. The van der Waals surface area contributed by atoms with E-state index in [1.165, 1.54) is 12.0 Å². The van der Waals surface area contributed by atoms with Gasteiger partial charge in [0, 0.05) is 12.6 Å². The van der Waals surface area contributed by atoms with E-state index in [0.717, 1.165) is 22.5 Å². The number of nitrogens with one attached hydrogen (secondary N) is 1. The van der Waals surface area contributed by atoms with Crippen LogP contribution < -0.4 is 14.8 Å². The summed E-state index contributed by atoms with van der Waals surface area (Å²) in [4.78, 5) is 0. The summed E-state index contributed by atoms with van der Waals surface area (Å²) in [5.74, 6) is 2.35. The van der Waals surface area contributed by atoms with Gasteiger partial charge >= 0.3 is 0 Å². The molecule has 0 aromatic heterocycles. The molecule has 1 heterocycles. The number of benzene rings is 1. The molecule has 0 radical (unpaired) electrons. The van der Waals surface area contributed by atoms with Gasteiger partial charge in [0.05, 0.1) is 4.47 Å². The third-order valence-electron chi connectivity index (χ3n) is 3.78. The number of ether oxygens (including phenoxy) is 2. The second-order valence-electron chi connectivity index (χ2n) is 5.16. The summed E-state index contributed by atoms with van der Waals surface area (Å²) in [6.07, 6.45) is 1.19. The minimum absolute atomic E-state index is 0.511. The van der Waals surface area contributed by atoms with E-state index in [-0.39, 0.29) is 0 Å². The maximum atomic E-state index is 5.64. The lowest BCUT2D eigenvalue weighted by molar-refractivity contribution is 0.170. The Morgan fingerprint density at radius 3 is 2.74 bits per heavy atom. The van der Waals surface area contributed by atoms with Crippen molar-refractivity contribution in [1.82, 2.24) is 5.32 Å². The molecule has 1 N–H and O–H groups in total. The first-order valence-corrected chi connectivity index (χ1v) is 7.72. The first kappa shape index (κ1) is 14.7. The van der Waals surface area contributed by atoms with Gasteiger partial charge in [-0.1, -0.05) is 20.3 Å². The molecule has 2 rings (SSSR count). The molecular weight excluding hydrogens is 306 g/mol. The van der Waals surface area contributed by atoms with E-state index in [4.69, 9.17) is 9.47 Å². The number of hydrogen-bond acceptors (Lipinski definition) is 3. The van der Waals surface area contributed by atoms with E-state index in [2.05, 4.69) is 54.2 Å². The minimum atomic E-state index is 0.511. The summed E-state index contributed by atoms with van der Waals surface area (Å²) in [7, 11) is 0. The molecule has 1 aliphatic heterocycles. The van der Waals surface area contributed by atoms with Crippen LogP contribution in [0.1, 0.15) is 32.8 Å². The van der Waals surface area contributed by atoms with Gasteiger partial charge in [0.1, 0.15) is 13.2 Å². The molecule has 0 fully saturated rings. The van der Waals surface area contributed by atoms with Crippen molar-refractivity contribution in [3.63, 3.8) is 0 Å². The first-order valence-electron chi connectivity index (χ1n) is 6.93. The number of hydrogen-bond donors (Lipinski definition) is 1. The third kappa shape index (κ3) is 3.63. The van der Waals surface area contributed by atoms with E-state index in [9.17, 15) is 0 Å². The second kappa shape index (κ2) is 6.62. The van der Waals surface area contributed by atoms with E-state index in [0.29, 0.717) is 25.2 Å². The topological polar surface area (TPSA) is 30.5 Å². The molecule has 1 aromatic carbocycles. The van der Waals surface area contributed by atoms with Crippen molar-refractivity contribution in [3.8, 4) is 11.5 Å². The summed E-state index contributed by atoms with van der Waals surface area (Å²) in [5.41, 5.74) is 1.21. The molecule has 0 aliphatic carbocycles. The van der Waals surface area contributed by atoms with E-state index in [1.54, 1.807) is 0 Å². The van der Waals surface area contributed by atoms with Gasteiger partial charge in [-0.3, -0.25) is 0 Å². The molecule has 19 heavy (non-hydrogen) atoms. The van der Waals surface area contributed by atoms with Gasteiger partial charge in [-0.2, -0.15) is 0 Å². The lowest BCUT2D eigenvalue weighted by atomic mass is 10.0. The molecule has 0 amide bonds. The van der Waals surface area contributed by atoms with Gasteiger partial charge in [-0.05, 0) is 46.5 Å². The fraction of sp³-hybridized carbons (Fsp3) is 0.600. The highest BCUT2D eigenvalue weighted by Crippen LogP contribution is 2.38. The number of rotatable bonds is 5. The summed E-state index contributed by atoms with van der Waals surface area (Å²) < 4.78 is 12.2. The Kier molecular flexibility index (Phi) is 5.11. The van der Waals surface area contributed by atoms with Gasteiger partial charge in [0.2, 0.25) is 0 Å². The van der Waals surface area contributed by atoms with Crippen LogP contribution in [0.15, 0.2) is 16.6 Å². The van der Waals surface area contributed by atoms with Crippen LogP contribution >= 0.6 is 15.9 Å². The fourth-order valence-electron chi connectivity index (χ4n) is 2.10. The number of fused-ring (bicyclic) bond motifs is 1. The maximum Gasteiger partial charge on any atom is 0.175 e. The highest BCUT2D eigenvalue weighted by atomic mass is 79.9. The maximum absolute atomic E-state index is 5.64. The van der Waals surface area contributed by atoms with Crippen LogP contribution in [-0.2, 0) is 6.54 Å². The summed E-state index contributed by atoms with van der Waals surface area (Å²) in [6.45, 7) is 8.83. The largest absolute Gasteiger partial charge is 0.486 e. The zero-order valence-electron chi connectivity index (χ0n) is 11.8. The van der Waals surface area contributed by atoms with Crippen LogP contribution in [-0.4, -0.2) is 19.3 Å². The van der Waals surface area contributed by atoms with E-state index >= 15 is 0 Å². The van der Waals surface area contributed by atoms with Crippen molar-refractivity contribution in [2.75, 3.05) is 13.2 Å². The van der Waals surface area contributed by atoms with Gasteiger partial charge in [0.25, 0.3) is 0 Å². The zero-order chi connectivity index (χ0) is 13.8. The van der Waals surface area contributed by atoms with Crippen molar-refractivity contribution in [2.24, 2.45) is 5.92 Å². The van der Waals surface area contributed by atoms with Crippen molar-refractivity contribution in [2.45, 2.75) is 39.8 Å². The van der Waals surface area contributed by atoms with Crippen LogP contribution in [0.3, 0.4) is 0 Å². The molecule has 0 spiro atoms. The van der Waals surface area contributed by atoms with Crippen LogP contribution in [0.4, 0.5) is 0 Å². The first-order chi connectivity index (χ1) is 9.11. The van der Waals surface area contributed by atoms with Crippen molar-refractivity contribution in [1.29, 1.82) is 0 Å². The summed E-state index contributed by atoms with van der Waals surface area (Å²) >= 11 is 3.55. The average molecular weight is 328 g/mol. The van der Waals surface area contributed by atoms with Crippen LogP contribution in [0.5, 0.6) is 11.5 Å². The molecule has 106 valence electrons. The quantitative estimate of drug-likeness (QED) is 0.893. The molecule has 4 heteroatoms. The Hall–Kier alpha value is -0.740. The summed E-state index contributed by atoms with van der Waals surface area (Å²) in [6, 6.07) is 4.68. The van der Waals surface area contributed by atoms with Gasteiger partial charge in [0.15, 0.2) is 11.5 Å². The normalized spacial score (nSPS) is 17.1. The van der Waals surface area contributed by atoms with Gasteiger partial charge in [-0.15, -0.1) is 0 Å². The molecule has 2 unspecified atom stereocenters. The monoisotopic (exact) mass is 327 g/mol. The molecule has 1 aromatic rings. The van der Waals surface area contributed by atoms with Gasteiger partial charge < -0.3 is 14.8 Å². The molecule has 0 bridgehead atoms. The zero-order valence-corrected chi connectivity index (χ0v) is 13.4. The standard InChI is InChI=1S/C15H22BrNO2/c1-4-10(2)11(3)17-9-12-7-13(16)15-14(8-12)18-5-6-19-15/h7-8,10-11,17H,4-6,9H2,1-3H3. The predicted octanol–water partition coefficient (Wildman–Crippen LogP) is 3.74. The third-order valence-corrected chi connectivity index (χ3v) is 4.37. The molecule has 3 nitrogen and oxygen atoms in total. The van der Waals surface area contributed by atoms with Crippen molar-refractivity contribution >= 4 is 15.9 Å². The van der Waals surface area contributed by atoms with Crippen LogP contribution in [0.25, 0.3) is 0 Å².